The largest absolute Gasteiger partial charge is 0.493 e. The van der Waals surface area contributed by atoms with E-state index in [1.54, 1.807) is 14.2 Å². The Bertz CT molecular complexity index is 857. The second kappa shape index (κ2) is 11.4. The Hall–Kier alpha value is -2.00. The van der Waals surface area contributed by atoms with Gasteiger partial charge in [-0.15, -0.1) is 24.0 Å². The van der Waals surface area contributed by atoms with Crippen LogP contribution in [0.1, 0.15) is 25.0 Å². The predicted molar refractivity (Wildman–Crippen MR) is 134 cm³/mol. The number of hydrogen-bond donors (Lipinski definition) is 2. The summed E-state index contributed by atoms with van der Waals surface area (Å²) >= 11 is 0. The van der Waals surface area contributed by atoms with Crippen LogP contribution in [0.3, 0.4) is 0 Å². The Morgan fingerprint density at radius 2 is 1.80 bits per heavy atom. The Kier molecular flexibility index (Phi) is 9.23. The van der Waals surface area contributed by atoms with E-state index < -0.39 is 0 Å². The van der Waals surface area contributed by atoms with E-state index in [1.165, 1.54) is 11.1 Å². The van der Waals surface area contributed by atoms with Gasteiger partial charge in [0.15, 0.2) is 17.5 Å². The van der Waals surface area contributed by atoms with Gasteiger partial charge in [0, 0.05) is 30.9 Å². The van der Waals surface area contributed by atoms with Crippen LogP contribution in [-0.2, 0) is 13.0 Å². The maximum absolute atomic E-state index is 6.17. The molecule has 1 heterocycles. The van der Waals surface area contributed by atoms with E-state index in [9.17, 15) is 0 Å². The third-order valence-corrected chi connectivity index (χ3v) is 5.50. The Morgan fingerprint density at radius 3 is 2.47 bits per heavy atom. The van der Waals surface area contributed by atoms with Crippen molar-refractivity contribution in [2.24, 2.45) is 16.6 Å². The van der Waals surface area contributed by atoms with Gasteiger partial charge >= 0.3 is 0 Å². The predicted octanol–water partition coefficient (Wildman–Crippen LogP) is 4.13. The minimum absolute atomic E-state index is 0. The number of anilines is 1. The fourth-order valence-corrected chi connectivity index (χ4v) is 3.84. The van der Waals surface area contributed by atoms with Gasteiger partial charge in [0.05, 0.1) is 20.8 Å². The molecular formula is C23H33IN4O2. The zero-order valence-corrected chi connectivity index (χ0v) is 20.6. The van der Waals surface area contributed by atoms with E-state index in [-0.39, 0.29) is 24.0 Å². The lowest BCUT2D eigenvalue weighted by atomic mass is 9.95. The summed E-state index contributed by atoms with van der Waals surface area (Å²) in [7, 11) is 3.23. The second-order valence-corrected chi connectivity index (χ2v) is 7.72. The van der Waals surface area contributed by atoms with Gasteiger partial charge in [-0.25, -0.2) is 0 Å². The summed E-state index contributed by atoms with van der Waals surface area (Å²) < 4.78 is 10.6. The van der Waals surface area contributed by atoms with Gasteiger partial charge in [0.25, 0.3) is 0 Å². The van der Waals surface area contributed by atoms with Crippen molar-refractivity contribution in [3.05, 3.63) is 53.6 Å². The number of guanidine groups is 1. The smallest absolute Gasteiger partial charge is 0.193 e. The number of nitrogens with two attached hydrogens (primary N) is 1. The summed E-state index contributed by atoms with van der Waals surface area (Å²) in [5, 5.41) is 3.15. The summed E-state index contributed by atoms with van der Waals surface area (Å²) in [4.78, 5) is 7.17. The van der Waals surface area contributed by atoms with Crippen molar-refractivity contribution in [2.75, 3.05) is 32.6 Å². The molecule has 1 aliphatic heterocycles. The Morgan fingerprint density at radius 1 is 1.10 bits per heavy atom. The lowest BCUT2D eigenvalue weighted by molar-refractivity contribution is 0.145. The first kappa shape index (κ1) is 24.3. The van der Waals surface area contributed by atoms with Crippen LogP contribution in [0.4, 0.5) is 5.69 Å². The number of nitrogens with zero attached hydrogens (tertiary/aromatic N) is 2. The number of halogens is 1. The Labute approximate surface area is 196 Å². The molecule has 0 bridgehead atoms. The lowest BCUT2D eigenvalue weighted by Crippen LogP contribution is -2.44. The van der Waals surface area contributed by atoms with E-state index in [0.29, 0.717) is 36.0 Å². The van der Waals surface area contributed by atoms with Crippen LogP contribution in [-0.4, -0.2) is 44.2 Å². The number of ether oxygens (including phenoxy) is 2. The molecule has 0 spiro atoms. The van der Waals surface area contributed by atoms with Gasteiger partial charge in [-0.05, 0) is 35.6 Å². The highest BCUT2D eigenvalue weighted by Crippen LogP contribution is 2.29. The van der Waals surface area contributed by atoms with Crippen molar-refractivity contribution in [3.63, 3.8) is 0 Å². The minimum atomic E-state index is 0. The van der Waals surface area contributed by atoms with Gasteiger partial charge in [-0.3, -0.25) is 9.89 Å². The monoisotopic (exact) mass is 524 g/mol. The highest BCUT2D eigenvalue weighted by molar-refractivity contribution is 14.0. The van der Waals surface area contributed by atoms with Crippen LogP contribution in [0.2, 0.25) is 0 Å². The molecule has 164 valence electrons. The molecule has 1 unspecified atom stereocenters. The van der Waals surface area contributed by atoms with Crippen LogP contribution in [0.5, 0.6) is 11.5 Å². The topological polar surface area (TPSA) is 72.1 Å². The van der Waals surface area contributed by atoms with E-state index >= 15 is 0 Å². The molecular weight excluding hydrogens is 491 g/mol. The lowest BCUT2D eigenvalue weighted by Gasteiger charge is -2.37. The molecule has 0 aliphatic carbocycles. The van der Waals surface area contributed by atoms with Gasteiger partial charge in [0.1, 0.15) is 0 Å². The van der Waals surface area contributed by atoms with Gasteiger partial charge in [-0.2, -0.15) is 0 Å². The van der Waals surface area contributed by atoms with Crippen molar-refractivity contribution >= 4 is 35.6 Å². The van der Waals surface area contributed by atoms with E-state index in [4.69, 9.17) is 15.2 Å². The molecule has 1 atom stereocenters. The number of fused-ring (bicyclic) bond motifs is 1. The number of benzene rings is 2. The maximum atomic E-state index is 6.17. The van der Waals surface area contributed by atoms with E-state index in [2.05, 4.69) is 53.3 Å². The number of aliphatic imine (C=N–C) groups is 1. The number of methoxy groups -OCH3 is 2. The standard InChI is InChI=1S/C23H32N4O2.HI/c1-16(2)20(27-12-11-17-7-5-6-8-18(17)15-27)14-25-23(24)26-19-9-10-21(28-3)22(13-19)29-4;/h5-10,13,16,20H,11-12,14-15H2,1-4H3,(H3,24,25,26);1H. The first-order valence-corrected chi connectivity index (χ1v) is 10.1. The summed E-state index contributed by atoms with van der Waals surface area (Å²) in [5.41, 5.74) is 9.87. The molecule has 2 aromatic rings. The average Bonchev–Trinajstić information content (AvgIpc) is 2.73. The first-order valence-electron chi connectivity index (χ1n) is 10.1. The third-order valence-electron chi connectivity index (χ3n) is 5.50. The quantitative estimate of drug-likeness (QED) is 0.324. The van der Waals surface area contributed by atoms with Gasteiger partial charge < -0.3 is 20.5 Å². The summed E-state index contributed by atoms with van der Waals surface area (Å²) in [6.45, 7) is 7.18. The average molecular weight is 524 g/mol. The molecule has 3 rings (SSSR count). The van der Waals surface area contributed by atoms with Crippen molar-refractivity contribution in [1.29, 1.82) is 0 Å². The normalized spacial score (nSPS) is 15.2. The molecule has 6 nitrogen and oxygen atoms in total. The Balaban J connectivity index is 0.00000320. The number of rotatable bonds is 7. The van der Waals surface area contributed by atoms with Gasteiger partial charge in [-0.1, -0.05) is 38.1 Å². The maximum Gasteiger partial charge on any atom is 0.193 e. The van der Waals surface area contributed by atoms with Crippen LogP contribution in [0, 0.1) is 5.92 Å². The fourth-order valence-electron chi connectivity index (χ4n) is 3.84. The van der Waals surface area contributed by atoms with Crippen LogP contribution >= 0.6 is 24.0 Å². The fraction of sp³-hybridized carbons (Fsp3) is 0.435. The molecule has 2 aromatic carbocycles. The SMILES string of the molecule is COc1ccc(NC(N)=NCC(C(C)C)N2CCc3ccccc3C2)cc1OC.I. The highest BCUT2D eigenvalue weighted by atomic mass is 127. The molecule has 0 radical (unpaired) electrons. The number of nitrogens with one attached hydrogen (secondary N) is 1. The minimum Gasteiger partial charge on any atom is -0.493 e. The second-order valence-electron chi connectivity index (χ2n) is 7.72. The molecule has 3 N–H and O–H groups in total. The van der Waals surface area contributed by atoms with Crippen LogP contribution < -0.4 is 20.5 Å². The molecule has 0 aromatic heterocycles. The zero-order valence-electron chi connectivity index (χ0n) is 18.2. The van der Waals surface area contributed by atoms with E-state index in [0.717, 1.165) is 25.2 Å². The third kappa shape index (κ3) is 6.01. The molecule has 1 aliphatic rings. The first-order chi connectivity index (χ1) is 14.0. The summed E-state index contributed by atoms with van der Waals surface area (Å²) in [6.07, 6.45) is 1.09. The zero-order chi connectivity index (χ0) is 20.8. The molecule has 30 heavy (non-hydrogen) atoms. The molecule has 0 amide bonds. The molecule has 0 saturated heterocycles. The van der Waals surface area contributed by atoms with Crippen molar-refractivity contribution < 1.29 is 9.47 Å². The molecule has 0 saturated carbocycles. The van der Waals surface area contributed by atoms with Gasteiger partial charge in [0.2, 0.25) is 0 Å². The van der Waals surface area contributed by atoms with E-state index in [1.807, 2.05) is 18.2 Å². The van der Waals surface area contributed by atoms with Crippen molar-refractivity contribution in [1.82, 2.24) is 4.90 Å². The summed E-state index contributed by atoms with van der Waals surface area (Å²) in [6, 6.07) is 14.6. The van der Waals surface area contributed by atoms with Crippen LogP contribution in [0.15, 0.2) is 47.5 Å². The molecule has 7 heteroatoms. The highest BCUT2D eigenvalue weighted by Gasteiger charge is 2.25. The molecule has 0 fully saturated rings. The summed E-state index contributed by atoms with van der Waals surface area (Å²) in [5.74, 6) is 2.22. The van der Waals surface area contributed by atoms with Crippen molar-refractivity contribution in [3.8, 4) is 11.5 Å². The van der Waals surface area contributed by atoms with Crippen molar-refractivity contribution in [2.45, 2.75) is 32.9 Å². The van der Waals surface area contributed by atoms with Crippen LogP contribution in [0.25, 0.3) is 0 Å². The number of hydrogen-bond acceptors (Lipinski definition) is 4.